The molecule has 222 valence electrons. The first-order chi connectivity index (χ1) is 20.0. The summed E-state index contributed by atoms with van der Waals surface area (Å²) in [5.41, 5.74) is 1.28. The molecule has 3 aromatic carbocycles. The van der Waals surface area contributed by atoms with E-state index < -0.39 is 23.3 Å². The highest BCUT2D eigenvalue weighted by atomic mass is 19.4. The van der Waals surface area contributed by atoms with Crippen molar-refractivity contribution in [2.45, 2.75) is 51.4 Å². The Morgan fingerprint density at radius 3 is 2.07 bits per heavy atom. The van der Waals surface area contributed by atoms with Gasteiger partial charge in [0.05, 0.1) is 17.2 Å². The van der Waals surface area contributed by atoms with Crippen LogP contribution in [0.5, 0.6) is 0 Å². The van der Waals surface area contributed by atoms with Crippen LogP contribution in [0.2, 0.25) is 0 Å². The molecule has 2 atom stereocenters. The van der Waals surface area contributed by atoms with Crippen LogP contribution in [0.4, 0.5) is 23.7 Å². The van der Waals surface area contributed by atoms with Gasteiger partial charge in [-0.25, -0.2) is 4.79 Å². The number of carboxylic acid groups (broad SMARTS) is 1. The maximum Gasteiger partial charge on any atom is 0.417 e. The first-order valence-corrected chi connectivity index (χ1v) is 13.7. The van der Waals surface area contributed by atoms with Gasteiger partial charge in [0.15, 0.2) is 0 Å². The molecule has 0 spiro atoms. The second-order valence-electron chi connectivity index (χ2n) is 10.2. The molecule has 0 aliphatic carbocycles. The van der Waals surface area contributed by atoms with Crippen LogP contribution in [0.25, 0.3) is 0 Å². The summed E-state index contributed by atoms with van der Waals surface area (Å²) in [5.74, 6) is -0.742. The number of urea groups is 1. The summed E-state index contributed by atoms with van der Waals surface area (Å²) in [6, 6.07) is 24.3. The van der Waals surface area contributed by atoms with E-state index in [1.54, 1.807) is 11.0 Å². The molecule has 0 aromatic heterocycles. The number of carboxylic acids is 1. The van der Waals surface area contributed by atoms with Gasteiger partial charge in [-0.1, -0.05) is 60.7 Å². The average molecular weight is 581 g/mol. The Hall–Kier alpha value is -4.52. The molecule has 4 rings (SSSR count). The fourth-order valence-corrected chi connectivity index (χ4v) is 4.77. The largest absolute Gasteiger partial charge is 0.481 e. The van der Waals surface area contributed by atoms with Gasteiger partial charge in [0.1, 0.15) is 0 Å². The number of anilines is 1. The number of halogens is 3. The van der Waals surface area contributed by atoms with E-state index in [1.807, 2.05) is 79.4 Å². The SMILES string of the molecule is C[C@@H]1CN(C(=O)NCCc2ccccc2)[C@@H](C)CN1c1ccc(C#N)c(C(F)(F)F)c1.O=C(O)CCc1ccccc1. The molecule has 1 saturated heterocycles. The zero-order valence-corrected chi connectivity index (χ0v) is 23.6. The predicted molar refractivity (Wildman–Crippen MR) is 155 cm³/mol. The van der Waals surface area contributed by atoms with E-state index in [0.717, 1.165) is 23.6 Å². The number of alkyl halides is 3. The highest BCUT2D eigenvalue weighted by Gasteiger charge is 2.36. The summed E-state index contributed by atoms with van der Waals surface area (Å²) >= 11 is 0. The molecule has 1 heterocycles. The lowest BCUT2D eigenvalue weighted by Crippen LogP contribution is -2.60. The Morgan fingerprint density at radius 2 is 1.52 bits per heavy atom. The van der Waals surface area contributed by atoms with E-state index >= 15 is 0 Å². The van der Waals surface area contributed by atoms with Gasteiger partial charge in [0.2, 0.25) is 0 Å². The van der Waals surface area contributed by atoms with Crippen LogP contribution in [0, 0.1) is 11.3 Å². The monoisotopic (exact) mass is 580 g/mol. The second kappa shape index (κ2) is 14.9. The molecule has 1 aliphatic heterocycles. The van der Waals surface area contributed by atoms with E-state index in [-0.39, 0.29) is 24.5 Å². The molecule has 0 unspecified atom stereocenters. The van der Waals surface area contributed by atoms with Crippen molar-refractivity contribution in [2.75, 3.05) is 24.5 Å². The number of nitriles is 1. The number of rotatable bonds is 7. The molecule has 7 nitrogen and oxygen atoms in total. The van der Waals surface area contributed by atoms with Crippen LogP contribution in [0.3, 0.4) is 0 Å². The summed E-state index contributed by atoms with van der Waals surface area (Å²) in [5, 5.41) is 20.3. The summed E-state index contributed by atoms with van der Waals surface area (Å²) < 4.78 is 40.0. The van der Waals surface area contributed by atoms with Gasteiger partial charge in [-0.15, -0.1) is 0 Å². The number of carbonyl (C=O) groups is 2. The van der Waals surface area contributed by atoms with E-state index in [4.69, 9.17) is 10.4 Å². The standard InChI is InChI=1S/C23H25F3N4O.C9H10O2/c1-16-15-30(22(31)28-11-10-18-6-4-3-5-7-18)17(2)14-29(16)20-9-8-19(13-27)21(12-20)23(24,25)26;10-9(11)7-6-8-4-2-1-3-5-8/h3-9,12,16-17H,10-11,14-15H2,1-2H3,(H,28,31);1-5H,6-7H2,(H,10,11)/t16-,17+;/m1./s1. The molecule has 2 N–H and O–H groups in total. The lowest BCUT2D eigenvalue weighted by atomic mass is 10.0. The molecule has 42 heavy (non-hydrogen) atoms. The fraction of sp³-hybridized carbons (Fsp3) is 0.344. The third kappa shape index (κ3) is 9.26. The van der Waals surface area contributed by atoms with Gasteiger partial charge in [-0.2, -0.15) is 18.4 Å². The van der Waals surface area contributed by atoms with Gasteiger partial charge in [0, 0.05) is 43.8 Å². The minimum atomic E-state index is -4.60. The van der Waals surface area contributed by atoms with Crippen LogP contribution in [-0.2, 0) is 23.8 Å². The Labute approximate surface area is 244 Å². The van der Waals surface area contributed by atoms with Crippen LogP contribution < -0.4 is 10.2 Å². The highest BCUT2D eigenvalue weighted by Crippen LogP contribution is 2.35. The van der Waals surface area contributed by atoms with E-state index in [0.29, 0.717) is 31.7 Å². The van der Waals surface area contributed by atoms with Crippen molar-refractivity contribution >= 4 is 17.7 Å². The van der Waals surface area contributed by atoms with Crippen molar-refractivity contribution in [1.29, 1.82) is 5.26 Å². The van der Waals surface area contributed by atoms with E-state index in [2.05, 4.69) is 5.32 Å². The summed E-state index contributed by atoms with van der Waals surface area (Å²) in [7, 11) is 0. The minimum Gasteiger partial charge on any atom is -0.481 e. The number of aryl methyl sites for hydroxylation is 1. The van der Waals surface area contributed by atoms with Gasteiger partial charge >= 0.3 is 18.2 Å². The van der Waals surface area contributed by atoms with Crippen molar-refractivity contribution in [3.05, 3.63) is 101 Å². The lowest BCUT2D eigenvalue weighted by molar-refractivity contribution is -0.138. The summed E-state index contributed by atoms with van der Waals surface area (Å²) in [6.07, 6.45) is -3.04. The predicted octanol–water partition coefficient (Wildman–Crippen LogP) is 6.13. The normalized spacial score (nSPS) is 16.6. The third-order valence-corrected chi connectivity index (χ3v) is 7.01. The number of piperazine rings is 1. The Bertz CT molecular complexity index is 1360. The quantitative estimate of drug-likeness (QED) is 0.350. The highest BCUT2D eigenvalue weighted by molar-refractivity contribution is 5.75. The van der Waals surface area contributed by atoms with Crippen LogP contribution in [0.1, 0.15) is 42.5 Å². The minimum absolute atomic E-state index is 0.175. The zero-order chi connectivity index (χ0) is 30.7. The molecule has 2 amide bonds. The first kappa shape index (κ1) is 32.0. The number of aliphatic carboxylic acids is 1. The second-order valence-corrected chi connectivity index (χ2v) is 10.2. The van der Waals surface area contributed by atoms with Crippen molar-refractivity contribution in [1.82, 2.24) is 10.2 Å². The molecule has 0 saturated carbocycles. The molecule has 3 aromatic rings. The topological polar surface area (TPSA) is 96.7 Å². The van der Waals surface area contributed by atoms with E-state index in [1.165, 1.54) is 12.1 Å². The van der Waals surface area contributed by atoms with E-state index in [9.17, 15) is 22.8 Å². The molecule has 0 bridgehead atoms. The first-order valence-electron chi connectivity index (χ1n) is 13.7. The number of nitrogens with zero attached hydrogens (tertiary/aromatic N) is 3. The molecular weight excluding hydrogens is 545 g/mol. The Balaban J connectivity index is 0.000000369. The maximum atomic E-state index is 13.3. The van der Waals surface area contributed by atoms with Crippen LogP contribution in [-0.4, -0.2) is 53.7 Å². The van der Waals surface area contributed by atoms with Gasteiger partial charge in [0.25, 0.3) is 0 Å². The van der Waals surface area contributed by atoms with Crippen molar-refractivity contribution in [3.63, 3.8) is 0 Å². The molecule has 10 heteroatoms. The molecular formula is C32H35F3N4O3. The molecule has 1 fully saturated rings. The number of carbonyl (C=O) groups excluding carboxylic acids is 1. The third-order valence-electron chi connectivity index (χ3n) is 7.01. The maximum absolute atomic E-state index is 13.3. The lowest BCUT2D eigenvalue weighted by Gasteiger charge is -2.45. The number of hydrogen-bond acceptors (Lipinski definition) is 4. The Morgan fingerprint density at radius 1 is 0.929 bits per heavy atom. The number of hydrogen-bond donors (Lipinski definition) is 2. The summed E-state index contributed by atoms with van der Waals surface area (Å²) in [4.78, 5) is 26.4. The summed E-state index contributed by atoms with van der Waals surface area (Å²) in [6.45, 7) is 5.05. The van der Waals surface area contributed by atoms with Crippen molar-refractivity contribution < 1.29 is 27.9 Å². The molecule has 1 aliphatic rings. The van der Waals surface area contributed by atoms with Crippen molar-refractivity contribution in [3.8, 4) is 6.07 Å². The van der Waals surface area contributed by atoms with Gasteiger partial charge in [-0.3, -0.25) is 4.79 Å². The fourth-order valence-electron chi connectivity index (χ4n) is 4.77. The van der Waals surface area contributed by atoms with Gasteiger partial charge in [-0.05, 0) is 56.0 Å². The molecule has 0 radical (unpaired) electrons. The number of nitrogens with one attached hydrogen (secondary N) is 1. The van der Waals surface area contributed by atoms with Crippen LogP contribution in [0.15, 0.2) is 78.9 Å². The number of amides is 2. The van der Waals surface area contributed by atoms with Crippen LogP contribution >= 0.6 is 0 Å². The number of benzene rings is 3. The smallest absolute Gasteiger partial charge is 0.417 e. The average Bonchev–Trinajstić information content (AvgIpc) is 2.97. The Kier molecular flexibility index (Phi) is 11.4. The van der Waals surface area contributed by atoms with Crippen molar-refractivity contribution in [2.24, 2.45) is 0 Å². The van der Waals surface area contributed by atoms with Gasteiger partial charge < -0.3 is 20.2 Å². The zero-order valence-electron chi connectivity index (χ0n) is 23.6.